The van der Waals surface area contributed by atoms with Crippen molar-refractivity contribution in [3.8, 4) is 0 Å². The Labute approximate surface area is 89.8 Å². The highest BCUT2D eigenvalue weighted by Gasteiger charge is 2.20. The molecule has 1 saturated carbocycles. The molecule has 1 aromatic rings. The Morgan fingerprint density at radius 3 is 3.14 bits per heavy atom. The van der Waals surface area contributed by atoms with Crippen molar-refractivity contribution < 1.29 is 0 Å². The largest absolute Gasteiger partial charge is 0.314 e. The van der Waals surface area contributed by atoms with Crippen LogP contribution in [0.1, 0.15) is 31.1 Å². The molecule has 0 aromatic carbocycles. The van der Waals surface area contributed by atoms with Gasteiger partial charge in [0.2, 0.25) is 0 Å². The smallest absolute Gasteiger partial charge is 0.0794 e. The number of nitrogens with zero attached hydrogens (tertiary/aromatic N) is 1. The predicted octanol–water partition coefficient (Wildman–Crippen LogP) is 2.46. The van der Waals surface area contributed by atoms with E-state index in [9.17, 15) is 0 Å². The van der Waals surface area contributed by atoms with Crippen LogP contribution in [0.25, 0.3) is 0 Å². The van der Waals surface area contributed by atoms with Crippen LogP contribution in [0.2, 0.25) is 0 Å². The molecule has 1 atom stereocenters. The lowest BCUT2D eigenvalue weighted by atomic mass is 10.1. The van der Waals surface area contributed by atoms with Crippen molar-refractivity contribution in [2.75, 3.05) is 6.54 Å². The highest BCUT2D eigenvalue weighted by Crippen LogP contribution is 2.19. The van der Waals surface area contributed by atoms with Gasteiger partial charge in [-0.25, -0.2) is 0 Å². The first kappa shape index (κ1) is 10.1. The summed E-state index contributed by atoms with van der Waals surface area (Å²) in [5, 5.41) is 3.57. The fourth-order valence-electron chi connectivity index (χ4n) is 1.51. The van der Waals surface area contributed by atoms with Crippen molar-refractivity contribution in [1.82, 2.24) is 10.3 Å². The molecule has 1 aromatic heterocycles. The zero-order valence-corrected chi connectivity index (χ0v) is 9.52. The molecule has 0 bridgehead atoms. The Kier molecular flexibility index (Phi) is 3.54. The average Bonchev–Trinajstić information content (AvgIpc) is 2.87. The minimum atomic E-state index is 0.790. The van der Waals surface area contributed by atoms with Gasteiger partial charge in [-0.15, -0.1) is 11.3 Å². The van der Waals surface area contributed by atoms with Crippen molar-refractivity contribution >= 4 is 11.3 Å². The van der Waals surface area contributed by atoms with Crippen molar-refractivity contribution in [2.24, 2.45) is 5.92 Å². The summed E-state index contributed by atoms with van der Waals surface area (Å²) < 4.78 is 0. The molecule has 1 N–H and O–H groups in total. The Hall–Kier alpha value is -0.410. The van der Waals surface area contributed by atoms with Gasteiger partial charge in [-0.05, 0) is 38.1 Å². The van der Waals surface area contributed by atoms with Gasteiger partial charge in [0.15, 0.2) is 0 Å². The molecule has 3 heteroatoms. The maximum absolute atomic E-state index is 4.09. The van der Waals surface area contributed by atoms with Gasteiger partial charge < -0.3 is 5.32 Å². The third kappa shape index (κ3) is 3.39. The summed E-state index contributed by atoms with van der Waals surface area (Å²) >= 11 is 1.77. The van der Waals surface area contributed by atoms with Crippen LogP contribution in [0.4, 0.5) is 0 Å². The molecule has 0 amide bonds. The van der Waals surface area contributed by atoms with Crippen molar-refractivity contribution in [2.45, 2.75) is 38.6 Å². The molecule has 1 aliphatic carbocycles. The standard InChI is InChI=1S/C11H18N2S/c1-9(6-13-10-3-4-10)2-5-11-7-12-8-14-11/h7-10,13H,2-6H2,1H3. The number of aryl methyl sites for hydroxylation is 1. The van der Waals surface area contributed by atoms with Gasteiger partial charge in [-0.1, -0.05) is 6.92 Å². The second-order valence-electron chi connectivity index (χ2n) is 4.29. The third-order valence-corrected chi connectivity index (χ3v) is 3.54. The first-order valence-electron chi connectivity index (χ1n) is 5.45. The Bertz CT molecular complexity index is 254. The second kappa shape index (κ2) is 4.89. The van der Waals surface area contributed by atoms with E-state index in [0.29, 0.717) is 0 Å². The van der Waals surface area contributed by atoms with E-state index in [4.69, 9.17) is 0 Å². The fraction of sp³-hybridized carbons (Fsp3) is 0.727. The van der Waals surface area contributed by atoms with Crippen LogP contribution in [-0.2, 0) is 6.42 Å². The lowest BCUT2D eigenvalue weighted by molar-refractivity contribution is 0.481. The molecule has 0 radical (unpaired) electrons. The maximum atomic E-state index is 4.09. The van der Waals surface area contributed by atoms with Crippen molar-refractivity contribution in [3.63, 3.8) is 0 Å². The number of nitrogens with one attached hydrogen (secondary N) is 1. The normalized spacial score (nSPS) is 18.4. The quantitative estimate of drug-likeness (QED) is 0.780. The van der Waals surface area contributed by atoms with Crippen LogP contribution in [0.5, 0.6) is 0 Å². The van der Waals surface area contributed by atoms with E-state index in [2.05, 4.69) is 17.2 Å². The van der Waals surface area contributed by atoms with Gasteiger partial charge >= 0.3 is 0 Å². The summed E-state index contributed by atoms with van der Waals surface area (Å²) in [4.78, 5) is 5.51. The molecular formula is C11H18N2S. The van der Waals surface area contributed by atoms with E-state index in [1.807, 2.05) is 11.7 Å². The van der Waals surface area contributed by atoms with Gasteiger partial charge in [0.05, 0.1) is 5.51 Å². The third-order valence-electron chi connectivity index (χ3n) is 2.70. The number of aromatic nitrogens is 1. The topological polar surface area (TPSA) is 24.9 Å². The SMILES string of the molecule is CC(CCc1cncs1)CNC1CC1. The van der Waals surface area contributed by atoms with E-state index < -0.39 is 0 Å². The van der Waals surface area contributed by atoms with Gasteiger partial charge in [-0.3, -0.25) is 4.98 Å². The van der Waals surface area contributed by atoms with Crippen LogP contribution in [0, 0.1) is 5.92 Å². The molecule has 0 spiro atoms. The highest BCUT2D eigenvalue weighted by molar-refractivity contribution is 7.09. The molecule has 1 fully saturated rings. The summed E-state index contributed by atoms with van der Waals surface area (Å²) in [6.45, 7) is 3.51. The van der Waals surface area contributed by atoms with Crippen LogP contribution in [0.15, 0.2) is 11.7 Å². The van der Waals surface area contributed by atoms with Gasteiger partial charge in [0.1, 0.15) is 0 Å². The first-order chi connectivity index (χ1) is 6.84. The minimum absolute atomic E-state index is 0.790. The summed E-state index contributed by atoms with van der Waals surface area (Å²) in [5.41, 5.74) is 1.92. The first-order valence-corrected chi connectivity index (χ1v) is 6.33. The molecule has 78 valence electrons. The summed E-state index contributed by atoms with van der Waals surface area (Å²) in [6.07, 6.45) is 7.24. The molecule has 0 saturated heterocycles. The second-order valence-corrected chi connectivity index (χ2v) is 5.27. The number of hydrogen-bond acceptors (Lipinski definition) is 3. The van der Waals surface area contributed by atoms with Crippen LogP contribution < -0.4 is 5.32 Å². The van der Waals surface area contributed by atoms with Crippen LogP contribution in [0.3, 0.4) is 0 Å². The van der Waals surface area contributed by atoms with E-state index in [1.54, 1.807) is 11.3 Å². The summed E-state index contributed by atoms with van der Waals surface area (Å²) in [7, 11) is 0. The molecule has 14 heavy (non-hydrogen) atoms. The molecule has 2 rings (SSSR count). The Morgan fingerprint density at radius 1 is 1.64 bits per heavy atom. The predicted molar refractivity (Wildman–Crippen MR) is 60.6 cm³/mol. The Morgan fingerprint density at radius 2 is 2.50 bits per heavy atom. The van der Waals surface area contributed by atoms with Gasteiger partial charge in [0, 0.05) is 17.1 Å². The van der Waals surface area contributed by atoms with Crippen LogP contribution >= 0.6 is 11.3 Å². The molecule has 2 nitrogen and oxygen atoms in total. The highest BCUT2D eigenvalue weighted by atomic mass is 32.1. The maximum Gasteiger partial charge on any atom is 0.0794 e. The number of thiazole rings is 1. The van der Waals surface area contributed by atoms with Gasteiger partial charge in [0.25, 0.3) is 0 Å². The fourth-order valence-corrected chi connectivity index (χ4v) is 2.13. The van der Waals surface area contributed by atoms with Crippen molar-refractivity contribution in [1.29, 1.82) is 0 Å². The van der Waals surface area contributed by atoms with Gasteiger partial charge in [-0.2, -0.15) is 0 Å². The Balaban J connectivity index is 1.59. The van der Waals surface area contributed by atoms with Crippen LogP contribution in [-0.4, -0.2) is 17.6 Å². The molecule has 0 aliphatic heterocycles. The zero-order valence-electron chi connectivity index (χ0n) is 8.70. The molecule has 1 aliphatic rings. The van der Waals surface area contributed by atoms with E-state index in [0.717, 1.165) is 12.0 Å². The number of hydrogen-bond donors (Lipinski definition) is 1. The zero-order chi connectivity index (χ0) is 9.80. The molecular weight excluding hydrogens is 192 g/mol. The lowest BCUT2D eigenvalue weighted by Crippen LogP contribution is -2.23. The number of rotatable bonds is 6. The van der Waals surface area contributed by atoms with E-state index in [1.165, 1.54) is 37.1 Å². The van der Waals surface area contributed by atoms with E-state index >= 15 is 0 Å². The minimum Gasteiger partial charge on any atom is -0.314 e. The molecule has 1 heterocycles. The summed E-state index contributed by atoms with van der Waals surface area (Å²) in [5.74, 6) is 0.790. The average molecular weight is 210 g/mol. The van der Waals surface area contributed by atoms with Crippen molar-refractivity contribution in [3.05, 3.63) is 16.6 Å². The molecule has 1 unspecified atom stereocenters. The summed E-state index contributed by atoms with van der Waals surface area (Å²) in [6, 6.07) is 0.848. The van der Waals surface area contributed by atoms with E-state index in [-0.39, 0.29) is 0 Å². The lowest BCUT2D eigenvalue weighted by Gasteiger charge is -2.10. The monoisotopic (exact) mass is 210 g/mol.